The molecule has 0 radical (unpaired) electrons. The SMILES string of the molecule is CCN1C2=C(C(=O)CC(C)(C)C2)C(c2cc(Br)cc(Br)c2OCC(=O)Nc2ccccc2C)C2=C1CC(C)(C)CC2=O. The van der Waals surface area contributed by atoms with E-state index < -0.39 is 5.92 Å². The number of aryl methyl sites for hydroxylation is 1. The Labute approximate surface area is 265 Å². The van der Waals surface area contributed by atoms with Crippen molar-refractivity contribution in [3.63, 3.8) is 0 Å². The summed E-state index contributed by atoms with van der Waals surface area (Å²) < 4.78 is 7.68. The van der Waals surface area contributed by atoms with Gasteiger partial charge in [0.25, 0.3) is 5.91 Å². The van der Waals surface area contributed by atoms with Crippen LogP contribution in [-0.4, -0.2) is 35.5 Å². The molecule has 8 heteroatoms. The number of Topliss-reactive ketones (excluding diaryl/α,β-unsaturated/α-hetero) is 2. The van der Waals surface area contributed by atoms with Gasteiger partial charge in [-0.3, -0.25) is 14.4 Å². The number of para-hydroxylation sites is 1. The Bertz CT molecular complexity index is 1500. The number of nitrogens with zero attached hydrogens (tertiary/aromatic N) is 1. The maximum atomic E-state index is 14.0. The summed E-state index contributed by atoms with van der Waals surface area (Å²) in [5.74, 6) is -0.284. The van der Waals surface area contributed by atoms with Gasteiger partial charge in [-0.15, -0.1) is 0 Å². The van der Waals surface area contributed by atoms with Crippen LogP contribution in [-0.2, 0) is 14.4 Å². The summed E-state index contributed by atoms with van der Waals surface area (Å²) in [5.41, 5.74) is 5.38. The smallest absolute Gasteiger partial charge is 0.262 e. The summed E-state index contributed by atoms with van der Waals surface area (Å²) in [6, 6.07) is 11.4. The van der Waals surface area contributed by atoms with Crippen LogP contribution in [0.4, 0.5) is 5.69 Å². The van der Waals surface area contributed by atoms with E-state index in [1.165, 1.54) is 0 Å². The van der Waals surface area contributed by atoms with Crippen molar-refractivity contribution in [3.8, 4) is 5.75 Å². The minimum atomic E-state index is -0.576. The highest BCUT2D eigenvalue weighted by Gasteiger charge is 2.49. The first-order valence-electron chi connectivity index (χ1n) is 14.5. The van der Waals surface area contributed by atoms with Gasteiger partial charge in [0.2, 0.25) is 0 Å². The molecule has 1 N–H and O–H groups in total. The summed E-state index contributed by atoms with van der Waals surface area (Å²) in [4.78, 5) is 43.3. The quantitative estimate of drug-likeness (QED) is 0.329. The molecule has 222 valence electrons. The van der Waals surface area contributed by atoms with E-state index in [0.717, 1.165) is 40.0 Å². The molecular formula is C34H38Br2N2O4. The van der Waals surface area contributed by atoms with Gasteiger partial charge >= 0.3 is 0 Å². The zero-order valence-electron chi connectivity index (χ0n) is 25.1. The van der Waals surface area contributed by atoms with Crippen molar-refractivity contribution in [3.05, 3.63) is 79.0 Å². The molecule has 0 bridgehead atoms. The van der Waals surface area contributed by atoms with Gasteiger partial charge in [0.15, 0.2) is 18.2 Å². The van der Waals surface area contributed by atoms with Crippen molar-refractivity contribution in [2.75, 3.05) is 18.5 Å². The molecule has 0 fully saturated rings. The second-order valence-corrected chi connectivity index (χ2v) is 15.0. The Kier molecular flexibility index (Phi) is 8.36. The molecule has 1 heterocycles. The third kappa shape index (κ3) is 5.89. The zero-order valence-corrected chi connectivity index (χ0v) is 28.3. The molecule has 2 aliphatic carbocycles. The molecular weight excluding hydrogens is 660 g/mol. The second kappa shape index (κ2) is 11.4. The summed E-state index contributed by atoms with van der Waals surface area (Å²) in [6.45, 7) is 13.0. The molecule has 0 unspecified atom stereocenters. The van der Waals surface area contributed by atoms with Crippen molar-refractivity contribution in [2.24, 2.45) is 10.8 Å². The molecule has 1 aliphatic heterocycles. The molecule has 2 aromatic carbocycles. The molecule has 6 nitrogen and oxygen atoms in total. The molecule has 3 aliphatic rings. The van der Waals surface area contributed by atoms with Crippen LogP contribution in [0.2, 0.25) is 0 Å². The second-order valence-electron chi connectivity index (χ2n) is 13.2. The fourth-order valence-electron chi connectivity index (χ4n) is 6.72. The number of carbonyl (C=O) groups excluding carboxylic acids is 3. The van der Waals surface area contributed by atoms with Crippen molar-refractivity contribution < 1.29 is 19.1 Å². The molecule has 0 saturated heterocycles. The lowest BCUT2D eigenvalue weighted by molar-refractivity contribution is -0.120. The van der Waals surface area contributed by atoms with E-state index in [4.69, 9.17) is 4.74 Å². The minimum Gasteiger partial charge on any atom is -0.482 e. The number of ketones is 2. The zero-order chi connectivity index (χ0) is 30.6. The van der Waals surface area contributed by atoms with Crippen LogP contribution < -0.4 is 10.1 Å². The first-order chi connectivity index (χ1) is 19.7. The minimum absolute atomic E-state index is 0.0632. The van der Waals surface area contributed by atoms with Crippen LogP contribution in [0.25, 0.3) is 0 Å². The van der Waals surface area contributed by atoms with Gasteiger partial charge in [-0.05, 0) is 77.2 Å². The van der Waals surface area contributed by atoms with Crippen LogP contribution in [0.1, 0.15) is 77.3 Å². The van der Waals surface area contributed by atoms with Crippen LogP contribution in [0.5, 0.6) is 5.75 Å². The van der Waals surface area contributed by atoms with Crippen LogP contribution >= 0.6 is 31.9 Å². The monoisotopic (exact) mass is 696 g/mol. The van der Waals surface area contributed by atoms with E-state index in [-0.39, 0.29) is 34.9 Å². The Balaban J connectivity index is 1.63. The summed E-state index contributed by atoms with van der Waals surface area (Å²) in [5, 5.41) is 2.92. The normalized spacial score (nSPS) is 20.0. The lowest BCUT2D eigenvalue weighted by Crippen LogP contribution is -2.44. The predicted octanol–water partition coefficient (Wildman–Crippen LogP) is 8.24. The Morgan fingerprint density at radius 1 is 0.952 bits per heavy atom. The number of allylic oxidation sites excluding steroid dienone is 4. The lowest BCUT2D eigenvalue weighted by Gasteiger charge is -2.49. The van der Waals surface area contributed by atoms with E-state index in [0.29, 0.717) is 46.3 Å². The van der Waals surface area contributed by atoms with Gasteiger partial charge in [-0.25, -0.2) is 0 Å². The maximum absolute atomic E-state index is 14.0. The topological polar surface area (TPSA) is 75.7 Å². The molecule has 0 aromatic heterocycles. The van der Waals surface area contributed by atoms with Gasteiger partial charge in [0.05, 0.1) is 4.47 Å². The van der Waals surface area contributed by atoms with Crippen LogP contribution in [0.15, 0.2) is 67.9 Å². The number of nitrogens with one attached hydrogen (secondary N) is 1. The number of ether oxygens (including phenoxy) is 1. The Morgan fingerprint density at radius 3 is 2.07 bits per heavy atom. The van der Waals surface area contributed by atoms with E-state index in [2.05, 4.69) is 76.7 Å². The number of anilines is 1. The summed E-state index contributed by atoms with van der Waals surface area (Å²) in [7, 11) is 0. The molecule has 0 atom stereocenters. The predicted molar refractivity (Wildman–Crippen MR) is 172 cm³/mol. The average molecular weight is 698 g/mol. The number of benzene rings is 2. The summed E-state index contributed by atoms with van der Waals surface area (Å²) >= 11 is 7.30. The Hall–Kier alpha value is -2.71. The molecule has 0 spiro atoms. The third-order valence-corrected chi connectivity index (χ3v) is 9.50. The van der Waals surface area contributed by atoms with Gasteiger partial charge < -0.3 is 15.0 Å². The van der Waals surface area contributed by atoms with Crippen LogP contribution in [0, 0.1) is 17.8 Å². The highest BCUT2D eigenvalue weighted by atomic mass is 79.9. The first-order valence-corrected chi connectivity index (χ1v) is 16.1. The van der Waals surface area contributed by atoms with E-state index >= 15 is 0 Å². The van der Waals surface area contributed by atoms with E-state index in [9.17, 15) is 14.4 Å². The average Bonchev–Trinajstić information content (AvgIpc) is 2.86. The largest absolute Gasteiger partial charge is 0.482 e. The van der Waals surface area contributed by atoms with Crippen LogP contribution in [0.3, 0.4) is 0 Å². The summed E-state index contributed by atoms with van der Waals surface area (Å²) in [6.07, 6.45) is 2.31. The van der Waals surface area contributed by atoms with Crippen molar-refractivity contribution in [2.45, 2.75) is 73.1 Å². The highest BCUT2D eigenvalue weighted by molar-refractivity contribution is 9.11. The van der Waals surface area contributed by atoms with Gasteiger partial charge in [0, 0.05) is 63.6 Å². The van der Waals surface area contributed by atoms with Gasteiger partial charge in [0.1, 0.15) is 5.75 Å². The van der Waals surface area contributed by atoms with Crippen molar-refractivity contribution in [1.82, 2.24) is 4.90 Å². The number of halogens is 2. The standard InChI is InChI=1S/C34H38Br2N2O4/c1-7-38-24-14-33(3,4)16-26(39)30(24)29(31-25(38)15-34(5,6)17-27(31)40)21-12-20(35)13-22(36)32(21)42-18-28(41)37-23-11-9-8-10-19(23)2/h8-13,29H,7,14-18H2,1-6H3,(H,37,41). The van der Waals surface area contributed by atoms with Crippen molar-refractivity contribution >= 4 is 55.0 Å². The number of carbonyl (C=O) groups is 3. The number of amides is 1. The Morgan fingerprint density at radius 2 is 1.52 bits per heavy atom. The van der Waals surface area contributed by atoms with Gasteiger partial charge in [-0.2, -0.15) is 0 Å². The molecule has 0 saturated carbocycles. The number of rotatable bonds is 6. The maximum Gasteiger partial charge on any atom is 0.262 e. The first kappa shape index (κ1) is 30.7. The fourth-order valence-corrected chi connectivity index (χ4v) is 8.10. The molecule has 42 heavy (non-hydrogen) atoms. The molecule has 2 aromatic rings. The van der Waals surface area contributed by atoms with Gasteiger partial charge in [-0.1, -0.05) is 61.8 Å². The lowest BCUT2D eigenvalue weighted by atomic mass is 9.63. The van der Waals surface area contributed by atoms with E-state index in [1.807, 2.05) is 43.3 Å². The molecule has 5 rings (SSSR count). The number of hydrogen-bond donors (Lipinski definition) is 1. The fraction of sp³-hybridized carbons (Fsp3) is 0.441. The highest BCUT2D eigenvalue weighted by Crippen LogP contribution is 2.56. The number of hydrogen-bond acceptors (Lipinski definition) is 5. The molecule has 1 amide bonds. The van der Waals surface area contributed by atoms with Crippen molar-refractivity contribution in [1.29, 1.82) is 0 Å². The third-order valence-electron chi connectivity index (χ3n) is 8.45. The van der Waals surface area contributed by atoms with E-state index in [1.54, 1.807) is 0 Å².